The Labute approximate surface area is 187 Å². The average Bonchev–Trinajstić information content (AvgIpc) is 2.77. The van der Waals surface area contributed by atoms with E-state index in [1.807, 2.05) is 36.4 Å². The molecule has 2 N–H and O–H groups in total. The Morgan fingerprint density at radius 2 is 1.90 bits per heavy atom. The number of rotatable bonds is 9. The number of phenols is 1. The number of amides is 1. The third-order valence-electron chi connectivity index (χ3n) is 5.49. The third-order valence-corrected chi connectivity index (χ3v) is 5.73. The molecule has 0 aromatic heterocycles. The molecule has 1 atom stereocenters. The highest BCUT2D eigenvalue weighted by molar-refractivity contribution is 6.30. The molecule has 3 aromatic carbocycles. The zero-order valence-corrected chi connectivity index (χ0v) is 18.3. The number of nitrogens with one attached hydrogen (secondary N) is 1. The van der Waals surface area contributed by atoms with Crippen LogP contribution in [0.3, 0.4) is 0 Å². The number of para-hydroxylation sites is 1. The largest absolute Gasteiger partial charge is 0.507 e. The fraction of sp³-hybridized carbons (Fsp3) is 0.269. The van der Waals surface area contributed by atoms with Gasteiger partial charge in [-0.1, -0.05) is 54.9 Å². The van der Waals surface area contributed by atoms with Crippen molar-refractivity contribution in [2.24, 2.45) is 0 Å². The van der Waals surface area contributed by atoms with Gasteiger partial charge in [-0.25, -0.2) is 4.39 Å². The summed E-state index contributed by atoms with van der Waals surface area (Å²) in [6.07, 6.45) is 3.03. The fourth-order valence-corrected chi connectivity index (χ4v) is 3.90. The lowest BCUT2D eigenvalue weighted by Gasteiger charge is -2.19. The van der Waals surface area contributed by atoms with Crippen LogP contribution in [0, 0.1) is 5.82 Å². The summed E-state index contributed by atoms with van der Waals surface area (Å²) in [5, 5.41) is 13.5. The summed E-state index contributed by atoms with van der Waals surface area (Å²) in [6.45, 7) is 2.45. The highest BCUT2D eigenvalue weighted by Gasteiger charge is 2.16. The summed E-state index contributed by atoms with van der Waals surface area (Å²) in [6, 6.07) is 19.3. The van der Waals surface area contributed by atoms with Gasteiger partial charge in [-0.15, -0.1) is 0 Å². The molecule has 3 rings (SSSR count). The van der Waals surface area contributed by atoms with Crippen LogP contribution in [0.25, 0.3) is 0 Å². The van der Waals surface area contributed by atoms with Crippen molar-refractivity contribution in [1.29, 1.82) is 0 Å². The van der Waals surface area contributed by atoms with E-state index in [0.29, 0.717) is 18.0 Å². The van der Waals surface area contributed by atoms with Crippen molar-refractivity contribution in [1.82, 2.24) is 5.32 Å². The highest BCUT2D eigenvalue weighted by Crippen LogP contribution is 2.26. The minimum atomic E-state index is -0.327. The van der Waals surface area contributed by atoms with Gasteiger partial charge >= 0.3 is 0 Å². The van der Waals surface area contributed by atoms with Crippen LogP contribution in [0.1, 0.15) is 52.7 Å². The molecular weight excluding hydrogens is 413 g/mol. The summed E-state index contributed by atoms with van der Waals surface area (Å²) in [5.74, 6) is -0.535. The van der Waals surface area contributed by atoms with Crippen LogP contribution in [0.15, 0.2) is 66.7 Å². The number of carbonyl (C=O) groups excluding carboxylic acids is 1. The number of carbonyl (C=O) groups is 1. The Balaban J connectivity index is 1.68. The maximum atomic E-state index is 14.2. The quantitative estimate of drug-likeness (QED) is 0.412. The van der Waals surface area contributed by atoms with Crippen molar-refractivity contribution >= 4 is 17.5 Å². The Bertz CT molecular complexity index is 1040. The molecule has 0 saturated carbocycles. The Morgan fingerprint density at radius 1 is 1.10 bits per heavy atom. The number of phenolic OH excluding ortho intramolecular Hbond substituents is 1. The predicted octanol–water partition coefficient (Wildman–Crippen LogP) is 6.28. The number of hydrogen-bond acceptors (Lipinski definition) is 2. The first-order chi connectivity index (χ1) is 15.0. The minimum Gasteiger partial charge on any atom is -0.507 e. The molecule has 0 spiro atoms. The average molecular weight is 440 g/mol. The van der Waals surface area contributed by atoms with Crippen LogP contribution in [-0.4, -0.2) is 17.6 Å². The van der Waals surface area contributed by atoms with Gasteiger partial charge in [-0.2, -0.15) is 0 Å². The lowest BCUT2D eigenvalue weighted by atomic mass is 9.92. The molecule has 3 aromatic rings. The van der Waals surface area contributed by atoms with E-state index in [9.17, 15) is 14.3 Å². The molecule has 0 radical (unpaired) electrons. The van der Waals surface area contributed by atoms with Crippen molar-refractivity contribution in [2.75, 3.05) is 6.54 Å². The molecule has 1 amide bonds. The van der Waals surface area contributed by atoms with E-state index in [1.165, 1.54) is 12.1 Å². The third kappa shape index (κ3) is 6.31. The second-order valence-corrected chi connectivity index (χ2v) is 8.09. The van der Waals surface area contributed by atoms with E-state index in [2.05, 4.69) is 12.2 Å². The topological polar surface area (TPSA) is 49.3 Å². The zero-order chi connectivity index (χ0) is 22.2. The first kappa shape index (κ1) is 22.8. The smallest absolute Gasteiger partial charge is 0.255 e. The number of benzene rings is 3. The maximum absolute atomic E-state index is 14.2. The standard InChI is InChI=1S/C26H27ClFNO2/c1-2-18-13-14-24(28)20(15-18)8-5-9-21(19-7-6-10-22(27)16-19)17-29-26(31)23-11-3-4-12-25(23)30/h3-4,6-7,10-16,21,30H,2,5,8-9,17H2,1H3,(H,29,31). The monoisotopic (exact) mass is 439 g/mol. The van der Waals surface area contributed by atoms with Crippen LogP contribution in [0.4, 0.5) is 4.39 Å². The molecule has 1 unspecified atom stereocenters. The maximum Gasteiger partial charge on any atom is 0.255 e. The molecule has 0 heterocycles. The van der Waals surface area contributed by atoms with E-state index in [1.54, 1.807) is 18.2 Å². The molecule has 0 aliphatic carbocycles. The first-order valence-corrected chi connectivity index (χ1v) is 10.9. The first-order valence-electron chi connectivity index (χ1n) is 10.6. The molecule has 0 fully saturated rings. The van der Waals surface area contributed by atoms with Gasteiger partial charge in [0.2, 0.25) is 0 Å². The van der Waals surface area contributed by atoms with Gasteiger partial charge < -0.3 is 10.4 Å². The van der Waals surface area contributed by atoms with Gasteiger partial charge in [0.15, 0.2) is 0 Å². The van der Waals surface area contributed by atoms with E-state index in [4.69, 9.17) is 11.6 Å². The summed E-state index contributed by atoms with van der Waals surface area (Å²) in [5.41, 5.74) is 3.11. The van der Waals surface area contributed by atoms with Crippen molar-refractivity contribution in [3.8, 4) is 5.75 Å². The molecule has 0 bridgehead atoms. The predicted molar refractivity (Wildman–Crippen MR) is 123 cm³/mol. The van der Waals surface area contributed by atoms with Crippen LogP contribution in [0.5, 0.6) is 5.75 Å². The molecule has 0 aliphatic heterocycles. The van der Waals surface area contributed by atoms with Gasteiger partial charge in [-0.3, -0.25) is 4.79 Å². The summed E-state index contributed by atoms with van der Waals surface area (Å²) in [4.78, 5) is 12.5. The van der Waals surface area contributed by atoms with Gasteiger partial charge in [-0.05, 0) is 72.7 Å². The summed E-state index contributed by atoms with van der Waals surface area (Å²) >= 11 is 6.18. The van der Waals surface area contributed by atoms with Crippen LogP contribution < -0.4 is 5.32 Å². The zero-order valence-electron chi connectivity index (χ0n) is 17.6. The van der Waals surface area contributed by atoms with Gasteiger partial charge in [0.05, 0.1) is 5.56 Å². The molecule has 5 heteroatoms. The highest BCUT2D eigenvalue weighted by atomic mass is 35.5. The molecule has 3 nitrogen and oxygen atoms in total. The second kappa shape index (κ2) is 11.0. The van der Waals surface area contributed by atoms with Crippen molar-refractivity contribution in [3.05, 3.63) is 99.8 Å². The van der Waals surface area contributed by atoms with Crippen LogP contribution >= 0.6 is 11.6 Å². The van der Waals surface area contributed by atoms with Crippen molar-refractivity contribution in [2.45, 2.75) is 38.5 Å². The van der Waals surface area contributed by atoms with Crippen LogP contribution in [-0.2, 0) is 12.8 Å². The molecule has 31 heavy (non-hydrogen) atoms. The number of hydrogen-bond donors (Lipinski definition) is 2. The van der Waals surface area contributed by atoms with Gasteiger partial charge in [0.25, 0.3) is 5.91 Å². The Hall–Kier alpha value is -2.85. The number of aromatic hydroxyl groups is 1. The molecular formula is C26H27ClFNO2. The van der Waals surface area contributed by atoms with Crippen molar-refractivity contribution < 1.29 is 14.3 Å². The Kier molecular flexibility index (Phi) is 8.07. The van der Waals surface area contributed by atoms with Gasteiger partial charge in [0.1, 0.15) is 11.6 Å². The van der Waals surface area contributed by atoms with Crippen molar-refractivity contribution in [3.63, 3.8) is 0 Å². The minimum absolute atomic E-state index is 0.0194. The van der Waals surface area contributed by atoms with Crippen LogP contribution in [0.2, 0.25) is 5.02 Å². The number of halogens is 2. The SMILES string of the molecule is CCc1ccc(F)c(CCCC(CNC(=O)c2ccccc2O)c2cccc(Cl)c2)c1. The molecule has 0 aliphatic rings. The lowest BCUT2D eigenvalue weighted by Crippen LogP contribution is -2.28. The summed E-state index contributed by atoms with van der Waals surface area (Å²) < 4.78 is 14.2. The van der Waals surface area contributed by atoms with E-state index in [-0.39, 0.29) is 29.0 Å². The van der Waals surface area contributed by atoms with Gasteiger partial charge in [0, 0.05) is 17.5 Å². The van der Waals surface area contributed by atoms with E-state index < -0.39 is 0 Å². The summed E-state index contributed by atoms with van der Waals surface area (Å²) in [7, 11) is 0. The molecule has 162 valence electrons. The number of aryl methyl sites for hydroxylation is 2. The molecule has 0 saturated heterocycles. The second-order valence-electron chi connectivity index (χ2n) is 7.65. The fourth-order valence-electron chi connectivity index (χ4n) is 3.70. The van der Waals surface area contributed by atoms with E-state index >= 15 is 0 Å². The Morgan fingerprint density at radius 3 is 2.65 bits per heavy atom. The lowest BCUT2D eigenvalue weighted by molar-refractivity contribution is 0.0948. The normalized spacial score (nSPS) is 11.8. The van der Waals surface area contributed by atoms with E-state index in [0.717, 1.165) is 36.0 Å².